The Labute approximate surface area is 181 Å². The quantitative estimate of drug-likeness (QED) is 0.669. The van der Waals surface area contributed by atoms with Gasteiger partial charge >= 0.3 is 0 Å². The molecule has 4 heteroatoms. The Morgan fingerprint density at radius 2 is 0.900 bits per heavy atom. The zero-order valence-corrected chi connectivity index (χ0v) is 17.9. The van der Waals surface area contributed by atoms with Crippen molar-refractivity contribution < 1.29 is 10.2 Å². The normalized spacial score (nSPS) is 22.1. The van der Waals surface area contributed by atoms with E-state index in [1.165, 1.54) is 36.8 Å². The van der Waals surface area contributed by atoms with Crippen molar-refractivity contribution >= 4 is 0 Å². The first-order chi connectivity index (χ1) is 14.7. The van der Waals surface area contributed by atoms with E-state index in [2.05, 4.69) is 58.3 Å². The van der Waals surface area contributed by atoms with E-state index in [1.807, 2.05) is 12.1 Å². The third-order valence-electron chi connectivity index (χ3n) is 6.93. The third-order valence-corrected chi connectivity index (χ3v) is 6.93. The molecule has 2 fully saturated rings. The topological polar surface area (TPSA) is 46.9 Å². The lowest BCUT2D eigenvalue weighted by Crippen LogP contribution is -2.56. The number of aliphatic hydroxyl groups is 2. The van der Waals surface area contributed by atoms with Gasteiger partial charge in [0.15, 0.2) is 0 Å². The Morgan fingerprint density at radius 1 is 0.567 bits per heavy atom. The second kappa shape index (κ2) is 10.5. The molecule has 0 aromatic heterocycles. The predicted octanol–water partition coefficient (Wildman–Crippen LogP) is 3.12. The van der Waals surface area contributed by atoms with E-state index >= 15 is 0 Å². The van der Waals surface area contributed by atoms with Crippen LogP contribution in [0.25, 0.3) is 0 Å². The zero-order valence-electron chi connectivity index (χ0n) is 17.9. The fourth-order valence-electron chi connectivity index (χ4n) is 5.24. The Morgan fingerprint density at radius 3 is 1.23 bits per heavy atom. The van der Waals surface area contributed by atoms with Gasteiger partial charge in [-0.25, -0.2) is 0 Å². The van der Waals surface area contributed by atoms with E-state index < -0.39 is 12.2 Å². The van der Waals surface area contributed by atoms with Gasteiger partial charge in [-0.15, -0.1) is 0 Å². The summed E-state index contributed by atoms with van der Waals surface area (Å²) in [6.07, 6.45) is 4.71. The standard InChI is InChI=1S/C26H36N2O2/c29-25(23(27-15-7-8-16-27)19-21-11-3-1-4-12-21)26(30)24(28-17-9-10-18-28)20-22-13-5-2-6-14-22/h1-6,11-14,23-26,29-30H,7-10,15-20H2/t23-,24-,25+,26+/m0/s1. The smallest absolute Gasteiger partial charge is 0.0972 e. The number of benzene rings is 2. The molecule has 0 unspecified atom stereocenters. The lowest BCUT2D eigenvalue weighted by atomic mass is 9.89. The van der Waals surface area contributed by atoms with Crippen molar-refractivity contribution in [3.8, 4) is 0 Å². The van der Waals surface area contributed by atoms with Crippen LogP contribution in [0, 0.1) is 0 Å². The van der Waals surface area contributed by atoms with E-state index in [1.54, 1.807) is 0 Å². The van der Waals surface area contributed by atoms with Crippen LogP contribution >= 0.6 is 0 Å². The van der Waals surface area contributed by atoms with Gasteiger partial charge in [0.1, 0.15) is 0 Å². The van der Waals surface area contributed by atoms with Gasteiger partial charge in [-0.3, -0.25) is 9.80 Å². The van der Waals surface area contributed by atoms with Crippen LogP contribution in [0.5, 0.6) is 0 Å². The third kappa shape index (κ3) is 5.30. The number of aliphatic hydroxyl groups excluding tert-OH is 2. The number of nitrogens with zero attached hydrogens (tertiary/aromatic N) is 2. The summed E-state index contributed by atoms with van der Waals surface area (Å²) in [5.41, 5.74) is 2.45. The molecule has 0 saturated carbocycles. The molecule has 0 spiro atoms. The maximum absolute atomic E-state index is 11.5. The van der Waals surface area contributed by atoms with Crippen molar-refractivity contribution in [1.82, 2.24) is 9.80 Å². The van der Waals surface area contributed by atoms with Crippen LogP contribution < -0.4 is 0 Å². The van der Waals surface area contributed by atoms with Crippen molar-refractivity contribution in [3.05, 3.63) is 71.8 Å². The Hall–Kier alpha value is -1.72. The van der Waals surface area contributed by atoms with E-state index in [4.69, 9.17) is 0 Å². The molecule has 162 valence electrons. The highest BCUT2D eigenvalue weighted by molar-refractivity contribution is 5.19. The summed E-state index contributed by atoms with van der Waals surface area (Å²) in [5.74, 6) is 0. The lowest BCUT2D eigenvalue weighted by molar-refractivity contribution is -0.0693. The number of hydrogen-bond acceptors (Lipinski definition) is 4. The molecular weight excluding hydrogens is 372 g/mol. The van der Waals surface area contributed by atoms with Gasteiger partial charge in [0.2, 0.25) is 0 Å². The molecule has 2 aromatic carbocycles. The molecule has 2 N–H and O–H groups in total. The molecule has 0 radical (unpaired) electrons. The minimum atomic E-state index is -0.766. The second-order valence-electron chi connectivity index (χ2n) is 8.98. The van der Waals surface area contributed by atoms with Crippen molar-refractivity contribution in [2.75, 3.05) is 26.2 Å². The summed E-state index contributed by atoms with van der Waals surface area (Å²) in [7, 11) is 0. The largest absolute Gasteiger partial charge is 0.389 e. The van der Waals surface area contributed by atoms with Gasteiger partial charge in [-0.2, -0.15) is 0 Å². The van der Waals surface area contributed by atoms with Gasteiger partial charge in [0, 0.05) is 12.1 Å². The van der Waals surface area contributed by atoms with Gasteiger partial charge in [-0.1, -0.05) is 60.7 Å². The fourth-order valence-corrected chi connectivity index (χ4v) is 5.24. The summed E-state index contributed by atoms with van der Waals surface area (Å²) < 4.78 is 0. The van der Waals surface area contributed by atoms with Crippen molar-refractivity contribution in [1.29, 1.82) is 0 Å². The van der Waals surface area contributed by atoms with Crippen LogP contribution in [-0.4, -0.2) is 70.5 Å². The van der Waals surface area contributed by atoms with E-state index in [0.29, 0.717) is 0 Å². The van der Waals surface area contributed by atoms with Crippen LogP contribution in [0.15, 0.2) is 60.7 Å². The summed E-state index contributed by atoms with van der Waals surface area (Å²) in [6.45, 7) is 4.03. The van der Waals surface area contributed by atoms with Gasteiger partial charge in [-0.05, 0) is 75.8 Å². The monoisotopic (exact) mass is 408 g/mol. The number of hydrogen-bond donors (Lipinski definition) is 2. The fraction of sp³-hybridized carbons (Fsp3) is 0.538. The van der Waals surface area contributed by atoms with Crippen LogP contribution in [0.3, 0.4) is 0 Å². The van der Waals surface area contributed by atoms with Gasteiger partial charge < -0.3 is 10.2 Å². The molecular formula is C26H36N2O2. The molecule has 2 saturated heterocycles. The molecule has 4 nitrogen and oxygen atoms in total. The Balaban J connectivity index is 1.54. The molecule has 4 rings (SSSR count). The average Bonchev–Trinajstić information content (AvgIpc) is 3.51. The van der Waals surface area contributed by atoms with Crippen LogP contribution in [0.1, 0.15) is 36.8 Å². The highest BCUT2D eigenvalue weighted by atomic mass is 16.3. The SMILES string of the molecule is O[C@@H]([C@H](O)[C@H](Cc1ccccc1)N1CCCC1)[C@H](Cc1ccccc1)N1CCCC1. The van der Waals surface area contributed by atoms with E-state index in [9.17, 15) is 10.2 Å². The summed E-state index contributed by atoms with van der Waals surface area (Å²) >= 11 is 0. The molecule has 30 heavy (non-hydrogen) atoms. The van der Waals surface area contributed by atoms with Crippen LogP contribution in [0.2, 0.25) is 0 Å². The van der Waals surface area contributed by atoms with Crippen molar-refractivity contribution in [2.24, 2.45) is 0 Å². The maximum atomic E-state index is 11.5. The number of likely N-dealkylation sites (tertiary alicyclic amines) is 2. The van der Waals surface area contributed by atoms with E-state index in [0.717, 1.165) is 39.0 Å². The first kappa shape index (κ1) is 21.5. The minimum absolute atomic E-state index is 0.0502. The highest BCUT2D eigenvalue weighted by Crippen LogP contribution is 2.25. The van der Waals surface area contributed by atoms with Gasteiger partial charge in [0.25, 0.3) is 0 Å². The van der Waals surface area contributed by atoms with Gasteiger partial charge in [0.05, 0.1) is 12.2 Å². The molecule has 2 aliphatic heterocycles. The summed E-state index contributed by atoms with van der Waals surface area (Å²) in [6, 6.07) is 20.7. The van der Waals surface area contributed by atoms with Crippen LogP contribution in [0.4, 0.5) is 0 Å². The average molecular weight is 409 g/mol. The Bertz CT molecular complexity index is 677. The first-order valence-corrected chi connectivity index (χ1v) is 11.6. The zero-order chi connectivity index (χ0) is 20.8. The first-order valence-electron chi connectivity index (χ1n) is 11.6. The molecule has 2 heterocycles. The molecule has 0 aliphatic carbocycles. The minimum Gasteiger partial charge on any atom is -0.389 e. The highest BCUT2D eigenvalue weighted by Gasteiger charge is 2.39. The summed E-state index contributed by atoms with van der Waals surface area (Å²) in [4.78, 5) is 4.79. The number of rotatable bonds is 9. The molecule has 0 amide bonds. The maximum Gasteiger partial charge on any atom is 0.0972 e. The van der Waals surface area contributed by atoms with Crippen molar-refractivity contribution in [2.45, 2.75) is 62.8 Å². The molecule has 2 aliphatic rings. The molecule has 4 atom stereocenters. The lowest BCUT2D eigenvalue weighted by Gasteiger charge is -2.39. The Kier molecular flexibility index (Phi) is 7.56. The second-order valence-corrected chi connectivity index (χ2v) is 8.98. The molecule has 2 aromatic rings. The van der Waals surface area contributed by atoms with Crippen LogP contribution in [-0.2, 0) is 12.8 Å². The van der Waals surface area contributed by atoms with Crippen molar-refractivity contribution in [3.63, 3.8) is 0 Å². The predicted molar refractivity (Wildman–Crippen MR) is 121 cm³/mol. The molecule has 0 bridgehead atoms. The van der Waals surface area contributed by atoms with E-state index in [-0.39, 0.29) is 12.1 Å². The summed E-state index contributed by atoms with van der Waals surface area (Å²) in [5, 5.41) is 23.0.